The van der Waals surface area contributed by atoms with Gasteiger partial charge in [0.15, 0.2) is 5.82 Å². The van der Waals surface area contributed by atoms with Gasteiger partial charge in [-0.15, -0.1) is 10.2 Å². The molecule has 23 heavy (non-hydrogen) atoms. The van der Waals surface area contributed by atoms with E-state index in [2.05, 4.69) is 44.1 Å². The van der Waals surface area contributed by atoms with Gasteiger partial charge in [-0.05, 0) is 20.3 Å². The smallest absolute Gasteiger partial charge is 0.315 e. The molecule has 0 saturated carbocycles. The average Bonchev–Trinajstić information content (AvgIpc) is 3.07. The highest BCUT2D eigenvalue weighted by Gasteiger charge is 2.21. The van der Waals surface area contributed by atoms with Gasteiger partial charge in [0.25, 0.3) is 0 Å². The number of carbonyl (C=O) groups is 1. The zero-order valence-electron chi connectivity index (χ0n) is 13.9. The Labute approximate surface area is 136 Å². The van der Waals surface area contributed by atoms with Crippen LogP contribution in [0.15, 0.2) is 0 Å². The van der Waals surface area contributed by atoms with Gasteiger partial charge < -0.3 is 19.9 Å². The maximum absolute atomic E-state index is 11.9. The summed E-state index contributed by atoms with van der Waals surface area (Å²) in [4.78, 5) is 14.2. The Morgan fingerprint density at radius 3 is 2.83 bits per heavy atom. The van der Waals surface area contributed by atoms with Crippen LogP contribution < -0.4 is 10.6 Å². The van der Waals surface area contributed by atoms with Crippen molar-refractivity contribution in [2.24, 2.45) is 0 Å². The van der Waals surface area contributed by atoms with Crippen molar-refractivity contribution in [3.05, 3.63) is 11.6 Å². The van der Waals surface area contributed by atoms with Crippen molar-refractivity contribution in [1.82, 2.24) is 30.3 Å². The number of hydrogen-bond acceptors (Lipinski definition) is 5. The first-order valence-electron chi connectivity index (χ1n) is 8.42. The first-order valence-corrected chi connectivity index (χ1v) is 8.42. The molecule has 2 atom stereocenters. The molecule has 0 spiro atoms. The Kier molecular flexibility index (Phi) is 5.12. The second kappa shape index (κ2) is 7.27. The molecule has 1 fully saturated rings. The molecule has 2 aliphatic heterocycles. The van der Waals surface area contributed by atoms with Gasteiger partial charge in [-0.3, -0.25) is 4.90 Å². The van der Waals surface area contributed by atoms with Gasteiger partial charge in [-0.1, -0.05) is 0 Å². The van der Waals surface area contributed by atoms with Gasteiger partial charge in [0.05, 0.1) is 18.8 Å². The van der Waals surface area contributed by atoms with Crippen LogP contribution in [-0.2, 0) is 24.2 Å². The molecule has 1 aromatic rings. The fourth-order valence-electron chi connectivity index (χ4n) is 3.36. The van der Waals surface area contributed by atoms with Crippen molar-refractivity contribution in [2.45, 2.75) is 52.0 Å². The van der Waals surface area contributed by atoms with Crippen molar-refractivity contribution < 1.29 is 9.53 Å². The van der Waals surface area contributed by atoms with Crippen LogP contribution in [0.1, 0.15) is 31.9 Å². The Hall–Kier alpha value is -1.67. The number of nitrogens with zero attached hydrogens (tertiary/aromatic N) is 4. The molecular formula is C15H26N6O2. The van der Waals surface area contributed by atoms with E-state index in [0.717, 1.165) is 50.7 Å². The molecule has 8 heteroatoms. The highest BCUT2D eigenvalue weighted by Crippen LogP contribution is 2.13. The van der Waals surface area contributed by atoms with Crippen LogP contribution in [-0.4, -0.2) is 64.1 Å². The lowest BCUT2D eigenvalue weighted by Crippen LogP contribution is -2.48. The number of morpholine rings is 1. The first-order chi connectivity index (χ1) is 11.1. The van der Waals surface area contributed by atoms with Gasteiger partial charge in [0.1, 0.15) is 5.82 Å². The van der Waals surface area contributed by atoms with E-state index in [1.54, 1.807) is 0 Å². The van der Waals surface area contributed by atoms with E-state index in [1.165, 1.54) is 0 Å². The van der Waals surface area contributed by atoms with Crippen molar-refractivity contribution >= 4 is 6.03 Å². The average molecular weight is 322 g/mol. The van der Waals surface area contributed by atoms with Crippen LogP contribution in [0, 0.1) is 0 Å². The summed E-state index contributed by atoms with van der Waals surface area (Å²) in [5.41, 5.74) is 0. The molecule has 0 unspecified atom stereocenters. The summed E-state index contributed by atoms with van der Waals surface area (Å²) in [5.74, 6) is 1.86. The van der Waals surface area contributed by atoms with Crippen LogP contribution in [0.4, 0.5) is 4.79 Å². The molecule has 0 aliphatic carbocycles. The van der Waals surface area contributed by atoms with E-state index in [-0.39, 0.29) is 18.2 Å². The van der Waals surface area contributed by atoms with E-state index in [0.29, 0.717) is 13.1 Å². The van der Waals surface area contributed by atoms with Crippen LogP contribution in [0.3, 0.4) is 0 Å². The number of fused-ring (bicyclic) bond motifs is 1. The lowest BCUT2D eigenvalue weighted by molar-refractivity contribution is -0.0672. The normalized spacial score (nSPS) is 24.4. The first kappa shape index (κ1) is 16.2. The Morgan fingerprint density at radius 1 is 1.26 bits per heavy atom. The van der Waals surface area contributed by atoms with Crippen LogP contribution in [0.5, 0.6) is 0 Å². The zero-order valence-corrected chi connectivity index (χ0v) is 13.9. The van der Waals surface area contributed by atoms with Gasteiger partial charge in [-0.2, -0.15) is 0 Å². The maximum atomic E-state index is 11.9. The minimum Gasteiger partial charge on any atom is -0.373 e. The summed E-state index contributed by atoms with van der Waals surface area (Å²) in [6.07, 6.45) is 2.60. The largest absolute Gasteiger partial charge is 0.373 e. The molecule has 2 N–H and O–H groups in total. The summed E-state index contributed by atoms with van der Waals surface area (Å²) in [7, 11) is 0. The molecular weight excluding hydrogens is 296 g/mol. The molecule has 0 aromatic carbocycles. The third kappa shape index (κ3) is 4.20. The summed E-state index contributed by atoms with van der Waals surface area (Å²) < 4.78 is 7.80. The molecule has 1 aromatic heterocycles. The number of rotatable bonds is 5. The molecule has 0 bridgehead atoms. The number of amides is 2. The molecule has 1 saturated heterocycles. The predicted octanol–water partition coefficient (Wildman–Crippen LogP) is 0.133. The fraction of sp³-hybridized carbons (Fsp3) is 0.800. The number of aryl methyl sites for hydroxylation is 1. The highest BCUT2D eigenvalue weighted by molar-refractivity contribution is 5.73. The van der Waals surface area contributed by atoms with Gasteiger partial charge in [0, 0.05) is 39.1 Å². The fourth-order valence-corrected chi connectivity index (χ4v) is 3.36. The monoisotopic (exact) mass is 322 g/mol. The van der Waals surface area contributed by atoms with Gasteiger partial charge in [-0.25, -0.2) is 4.79 Å². The van der Waals surface area contributed by atoms with E-state index in [1.807, 2.05) is 0 Å². The zero-order chi connectivity index (χ0) is 16.2. The third-order valence-corrected chi connectivity index (χ3v) is 4.30. The third-order valence-electron chi connectivity index (χ3n) is 4.30. The minimum absolute atomic E-state index is 0.158. The van der Waals surface area contributed by atoms with E-state index in [9.17, 15) is 4.79 Å². The molecule has 3 heterocycles. The van der Waals surface area contributed by atoms with Crippen LogP contribution in [0.2, 0.25) is 0 Å². The van der Waals surface area contributed by atoms with Crippen molar-refractivity contribution in [3.63, 3.8) is 0 Å². The van der Waals surface area contributed by atoms with Crippen molar-refractivity contribution in [3.8, 4) is 0 Å². The number of nitrogens with one attached hydrogen (secondary N) is 2. The summed E-state index contributed by atoms with van der Waals surface area (Å²) in [5, 5.41) is 14.0. The summed E-state index contributed by atoms with van der Waals surface area (Å²) in [6.45, 7) is 8.84. The molecule has 0 radical (unpaired) electrons. The topological polar surface area (TPSA) is 84.3 Å². The highest BCUT2D eigenvalue weighted by atomic mass is 16.5. The molecule has 8 nitrogen and oxygen atoms in total. The quantitative estimate of drug-likeness (QED) is 0.805. The lowest BCUT2D eigenvalue weighted by atomic mass is 10.2. The maximum Gasteiger partial charge on any atom is 0.315 e. The van der Waals surface area contributed by atoms with E-state index >= 15 is 0 Å². The van der Waals surface area contributed by atoms with Gasteiger partial charge in [0.2, 0.25) is 0 Å². The number of carbonyl (C=O) groups excluding carboxylic acids is 1. The summed E-state index contributed by atoms with van der Waals surface area (Å²) >= 11 is 0. The number of hydrogen-bond donors (Lipinski definition) is 2. The van der Waals surface area contributed by atoms with Crippen molar-refractivity contribution in [2.75, 3.05) is 26.2 Å². The number of ether oxygens (including phenoxy) is 1. The molecule has 128 valence electrons. The van der Waals surface area contributed by atoms with Crippen molar-refractivity contribution in [1.29, 1.82) is 0 Å². The second-order valence-corrected chi connectivity index (χ2v) is 6.41. The molecule has 2 aliphatic rings. The standard InChI is InChI=1S/C15H26N6O2/c1-11-9-20(10-12(2)23-11)7-5-16-15(22)17-8-14-19-18-13-4-3-6-21(13)14/h11-12H,3-10H2,1-2H3,(H2,16,17,22)/t11-,12+. The minimum atomic E-state index is -0.158. The molecule has 3 rings (SSSR count). The Bertz CT molecular complexity index is 536. The van der Waals surface area contributed by atoms with Crippen LogP contribution in [0.25, 0.3) is 0 Å². The number of urea groups is 1. The van der Waals surface area contributed by atoms with E-state index in [4.69, 9.17) is 4.74 Å². The van der Waals surface area contributed by atoms with Gasteiger partial charge >= 0.3 is 6.03 Å². The molecule has 2 amide bonds. The SMILES string of the molecule is C[C@@H]1CN(CCNC(=O)NCc2nnc3n2CCC3)C[C@H](C)O1. The Morgan fingerprint density at radius 2 is 2.04 bits per heavy atom. The van der Waals surface area contributed by atoms with Crippen LogP contribution >= 0.6 is 0 Å². The Balaban J connectivity index is 1.35. The lowest BCUT2D eigenvalue weighted by Gasteiger charge is -2.35. The number of aromatic nitrogens is 3. The second-order valence-electron chi connectivity index (χ2n) is 6.41. The summed E-state index contributed by atoms with van der Waals surface area (Å²) in [6, 6.07) is -0.158. The predicted molar refractivity (Wildman–Crippen MR) is 85.0 cm³/mol. The van der Waals surface area contributed by atoms with E-state index < -0.39 is 0 Å².